The Bertz CT molecular complexity index is 1220. The van der Waals surface area contributed by atoms with E-state index in [1.54, 1.807) is 17.5 Å². The zero-order valence-corrected chi connectivity index (χ0v) is 22.7. The molecule has 1 aliphatic rings. The second-order valence-electron chi connectivity index (χ2n) is 10.0. The zero-order valence-electron chi connectivity index (χ0n) is 20.3. The Balaban J connectivity index is 1.40. The van der Waals surface area contributed by atoms with Crippen LogP contribution in [-0.4, -0.2) is 26.7 Å². The van der Waals surface area contributed by atoms with Gasteiger partial charge in [-0.2, -0.15) is 5.10 Å². The Morgan fingerprint density at radius 1 is 1.26 bits per heavy atom. The normalized spacial score (nSPS) is 24.2. The summed E-state index contributed by atoms with van der Waals surface area (Å²) in [6, 6.07) is 8.11. The molecule has 34 heavy (non-hydrogen) atoms. The van der Waals surface area contributed by atoms with Crippen LogP contribution in [0.5, 0.6) is 0 Å². The van der Waals surface area contributed by atoms with Gasteiger partial charge in [0.2, 0.25) is 5.91 Å². The highest BCUT2D eigenvalue weighted by Gasteiger charge is 2.43. The molecule has 0 saturated heterocycles. The number of carbonyl (C=O) groups excluding carboxylic acids is 1. The van der Waals surface area contributed by atoms with E-state index in [0.29, 0.717) is 34.5 Å². The zero-order chi connectivity index (χ0) is 24.6. The molecule has 0 radical (unpaired) electrons. The third-order valence-electron chi connectivity index (χ3n) is 7.87. The average Bonchev–Trinajstić information content (AvgIpc) is 3.23. The van der Waals surface area contributed by atoms with Crippen molar-refractivity contribution in [2.24, 2.45) is 23.2 Å². The predicted octanol–water partition coefficient (Wildman–Crippen LogP) is 5.05. The molecule has 1 fully saturated rings. The minimum atomic E-state index is -0.329. The third-order valence-corrected chi connectivity index (χ3v) is 9.67. The van der Waals surface area contributed by atoms with Gasteiger partial charge in [-0.15, -0.1) is 11.3 Å². The van der Waals surface area contributed by atoms with Gasteiger partial charge in [0, 0.05) is 6.04 Å². The molecule has 0 spiro atoms. The van der Waals surface area contributed by atoms with Crippen molar-refractivity contribution < 1.29 is 4.79 Å². The molecule has 7 nitrogen and oxygen atoms in total. The van der Waals surface area contributed by atoms with Crippen molar-refractivity contribution in [1.82, 2.24) is 20.1 Å². The summed E-state index contributed by atoms with van der Waals surface area (Å²) in [5, 5.41) is 11.5. The van der Waals surface area contributed by atoms with Crippen LogP contribution in [0, 0.1) is 23.2 Å². The molecule has 3 aromatic rings. The first-order valence-corrected chi connectivity index (χ1v) is 13.3. The molecule has 4 atom stereocenters. The number of aromatic nitrogens is 3. The molecule has 0 unspecified atom stereocenters. The van der Waals surface area contributed by atoms with E-state index >= 15 is 0 Å². The topological polar surface area (TPSA) is 88.9 Å². The number of rotatable bonds is 6. The highest BCUT2D eigenvalue weighted by molar-refractivity contribution is 9.10. The average molecular weight is 547 g/mol. The van der Waals surface area contributed by atoms with E-state index in [2.05, 4.69) is 71.3 Å². The fourth-order valence-corrected chi connectivity index (χ4v) is 6.13. The van der Waals surface area contributed by atoms with Crippen molar-refractivity contribution in [3.63, 3.8) is 0 Å². The van der Waals surface area contributed by atoms with E-state index in [4.69, 9.17) is 0 Å². The lowest BCUT2D eigenvalue weighted by molar-refractivity contribution is -0.122. The molecular weight excluding hydrogens is 514 g/mol. The van der Waals surface area contributed by atoms with Crippen LogP contribution in [0.3, 0.4) is 0 Å². The van der Waals surface area contributed by atoms with Crippen LogP contribution < -0.4 is 16.2 Å². The number of fused-ring (bicyclic) bond motifs is 1. The van der Waals surface area contributed by atoms with E-state index in [-0.39, 0.29) is 29.5 Å². The molecule has 9 heteroatoms. The van der Waals surface area contributed by atoms with E-state index in [9.17, 15) is 9.59 Å². The van der Waals surface area contributed by atoms with Crippen LogP contribution in [0.25, 0.3) is 10.2 Å². The summed E-state index contributed by atoms with van der Waals surface area (Å²) >= 11 is 4.98. The monoisotopic (exact) mass is 545 g/mol. The Hall–Kier alpha value is -2.26. The first kappa shape index (κ1) is 24.9. The number of nitrogens with one attached hydrogen (secondary N) is 2. The lowest BCUT2D eigenvalue weighted by Gasteiger charge is -2.50. The number of halogens is 1. The molecular formula is C25H32BrN5O2S. The SMILES string of the molecule is C[C@@H]1[C@@H](C)C(C)(C)[C@@H](C)C[C@H]1Nc1cnn(CC(=O)NCc2nc3ccccc3s2)c(=O)c1Br. The largest absolute Gasteiger partial charge is 0.380 e. The van der Waals surface area contributed by atoms with Crippen molar-refractivity contribution in [3.05, 3.63) is 50.3 Å². The second-order valence-corrected chi connectivity index (χ2v) is 12.0. The van der Waals surface area contributed by atoms with Crippen molar-refractivity contribution in [2.45, 2.75) is 60.2 Å². The van der Waals surface area contributed by atoms with Gasteiger partial charge in [0.15, 0.2) is 0 Å². The summed E-state index contributed by atoms with van der Waals surface area (Å²) in [6.07, 6.45) is 2.66. The molecule has 4 rings (SSSR count). The van der Waals surface area contributed by atoms with Gasteiger partial charge in [0.25, 0.3) is 5.56 Å². The fraction of sp³-hybridized carbons (Fsp3) is 0.520. The standard InChI is InChI=1S/C25H32BrN5O2S/c1-14-10-18(15(2)16(3)25(14,4)5)29-19-11-28-31(24(33)23(19)26)13-21(32)27-12-22-30-17-8-6-7-9-20(17)34-22/h6-9,11,14-16,18,29H,10,12-13H2,1-5H3,(H,27,32)/t14-,15+,16+,18+/m0/s1. The minimum absolute atomic E-state index is 0.148. The lowest BCUT2D eigenvalue weighted by Crippen LogP contribution is -2.48. The van der Waals surface area contributed by atoms with Crippen LogP contribution in [0.2, 0.25) is 0 Å². The van der Waals surface area contributed by atoms with Crippen LogP contribution >= 0.6 is 27.3 Å². The molecule has 2 aromatic heterocycles. The summed E-state index contributed by atoms with van der Waals surface area (Å²) in [5.74, 6) is 1.27. The first-order valence-electron chi connectivity index (χ1n) is 11.7. The number of hydrogen-bond acceptors (Lipinski definition) is 6. The molecule has 182 valence electrons. The quantitative estimate of drug-likeness (QED) is 0.452. The summed E-state index contributed by atoms with van der Waals surface area (Å²) in [6.45, 7) is 11.7. The Kier molecular flexibility index (Phi) is 7.14. The Morgan fingerprint density at radius 3 is 2.74 bits per heavy atom. The smallest absolute Gasteiger partial charge is 0.283 e. The van der Waals surface area contributed by atoms with Crippen molar-refractivity contribution in [3.8, 4) is 0 Å². The number of hydrogen-bond donors (Lipinski definition) is 2. The summed E-state index contributed by atoms with van der Waals surface area (Å²) < 4.78 is 2.66. The second kappa shape index (κ2) is 9.77. The van der Waals surface area contributed by atoms with Crippen molar-refractivity contribution in [2.75, 3.05) is 5.32 Å². The van der Waals surface area contributed by atoms with E-state index < -0.39 is 0 Å². The van der Waals surface area contributed by atoms with Gasteiger partial charge < -0.3 is 10.6 Å². The van der Waals surface area contributed by atoms with Gasteiger partial charge in [-0.25, -0.2) is 9.67 Å². The summed E-state index contributed by atoms with van der Waals surface area (Å²) in [4.78, 5) is 29.9. The summed E-state index contributed by atoms with van der Waals surface area (Å²) in [7, 11) is 0. The highest BCUT2D eigenvalue weighted by atomic mass is 79.9. The van der Waals surface area contributed by atoms with Gasteiger partial charge in [-0.05, 0) is 57.7 Å². The van der Waals surface area contributed by atoms with Crippen LogP contribution in [0.1, 0.15) is 46.0 Å². The number of carbonyl (C=O) groups is 1. The third kappa shape index (κ3) is 4.91. The molecule has 0 bridgehead atoms. The Morgan fingerprint density at radius 2 is 2.00 bits per heavy atom. The predicted molar refractivity (Wildman–Crippen MR) is 141 cm³/mol. The van der Waals surface area contributed by atoms with Crippen molar-refractivity contribution in [1.29, 1.82) is 0 Å². The summed E-state index contributed by atoms with van der Waals surface area (Å²) in [5.41, 5.74) is 1.54. The van der Waals surface area contributed by atoms with Gasteiger partial charge in [-0.3, -0.25) is 9.59 Å². The fourth-order valence-electron chi connectivity index (χ4n) is 4.80. The number of nitrogens with zero attached hydrogens (tertiary/aromatic N) is 3. The molecule has 2 heterocycles. The van der Waals surface area contributed by atoms with E-state index in [1.165, 1.54) is 4.68 Å². The first-order chi connectivity index (χ1) is 16.1. The van der Waals surface area contributed by atoms with Gasteiger partial charge >= 0.3 is 0 Å². The number of para-hydroxylation sites is 1. The van der Waals surface area contributed by atoms with Gasteiger partial charge in [-0.1, -0.05) is 46.8 Å². The molecule has 1 aliphatic carbocycles. The maximum Gasteiger partial charge on any atom is 0.283 e. The maximum absolute atomic E-state index is 12.9. The maximum atomic E-state index is 12.9. The lowest BCUT2D eigenvalue weighted by atomic mass is 9.58. The van der Waals surface area contributed by atoms with Crippen molar-refractivity contribution >= 4 is 49.1 Å². The van der Waals surface area contributed by atoms with Crippen LogP contribution in [0.4, 0.5) is 5.69 Å². The van der Waals surface area contributed by atoms with E-state index in [1.807, 2.05) is 24.3 Å². The Labute approximate surface area is 212 Å². The van der Waals surface area contributed by atoms with Crippen LogP contribution in [-0.2, 0) is 17.9 Å². The molecule has 1 saturated carbocycles. The molecule has 1 aromatic carbocycles. The number of anilines is 1. The molecule has 0 aliphatic heterocycles. The van der Waals surface area contributed by atoms with E-state index in [0.717, 1.165) is 21.6 Å². The number of thiazole rings is 1. The number of amides is 1. The molecule has 2 N–H and O–H groups in total. The highest BCUT2D eigenvalue weighted by Crippen LogP contribution is 2.48. The minimum Gasteiger partial charge on any atom is -0.380 e. The number of benzene rings is 1. The molecule has 1 amide bonds. The van der Waals surface area contributed by atoms with Gasteiger partial charge in [0.1, 0.15) is 16.0 Å². The van der Waals surface area contributed by atoms with Gasteiger partial charge in [0.05, 0.1) is 28.6 Å². The van der Waals surface area contributed by atoms with Crippen LogP contribution in [0.15, 0.2) is 39.7 Å².